The second-order valence-corrected chi connectivity index (χ2v) is 2.97. The molecule has 1 aromatic rings. The van der Waals surface area contributed by atoms with Crippen LogP contribution in [0.15, 0.2) is 28.6 Å². The van der Waals surface area contributed by atoms with Gasteiger partial charge in [0.1, 0.15) is 0 Å². The molecule has 13 heavy (non-hydrogen) atoms. The minimum atomic E-state index is -0.153. The molecule has 1 aromatic heterocycles. The molecule has 2 heterocycles. The lowest BCUT2D eigenvalue weighted by Gasteiger charge is -2.00. The predicted molar refractivity (Wildman–Crippen MR) is 46.4 cm³/mol. The molecular weight excluding hydrogens is 168 g/mol. The summed E-state index contributed by atoms with van der Waals surface area (Å²) in [6, 6.07) is 1.77. The molecule has 0 unspecified atom stereocenters. The van der Waals surface area contributed by atoms with Gasteiger partial charge < -0.3 is 9.15 Å². The van der Waals surface area contributed by atoms with Crippen LogP contribution in [0.1, 0.15) is 22.5 Å². The molecule has 0 fully saturated rings. The van der Waals surface area contributed by atoms with Gasteiger partial charge in [0.05, 0.1) is 12.9 Å². The van der Waals surface area contributed by atoms with Crippen LogP contribution in [0.4, 0.5) is 0 Å². The average Bonchev–Trinajstić information content (AvgIpc) is 2.72. The van der Waals surface area contributed by atoms with Crippen molar-refractivity contribution in [3.8, 4) is 0 Å². The summed E-state index contributed by atoms with van der Waals surface area (Å²) in [5, 5.41) is 0. The van der Waals surface area contributed by atoms with Gasteiger partial charge >= 0.3 is 0 Å². The van der Waals surface area contributed by atoms with Gasteiger partial charge in [0.25, 0.3) is 5.78 Å². The van der Waals surface area contributed by atoms with E-state index in [1.54, 1.807) is 12.1 Å². The molecule has 3 heteroatoms. The first kappa shape index (κ1) is 8.10. The van der Waals surface area contributed by atoms with E-state index in [1.165, 1.54) is 6.26 Å². The minimum Gasteiger partial charge on any atom is -0.489 e. The number of furan rings is 1. The summed E-state index contributed by atoms with van der Waals surface area (Å²) < 4.78 is 10.2. The summed E-state index contributed by atoms with van der Waals surface area (Å²) in [4.78, 5) is 11.6. The quantitative estimate of drug-likeness (QED) is 0.651. The van der Waals surface area contributed by atoms with Crippen LogP contribution in [0, 0.1) is 6.92 Å². The molecule has 0 aliphatic carbocycles. The van der Waals surface area contributed by atoms with E-state index in [1.807, 2.05) is 6.92 Å². The van der Waals surface area contributed by atoms with Gasteiger partial charge in [-0.25, -0.2) is 0 Å². The number of hydrogen-bond donors (Lipinski definition) is 0. The number of carbonyl (C=O) groups is 1. The first-order valence-corrected chi connectivity index (χ1v) is 4.21. The number of allylic oxidation sites excluding steroid dienone is 1. The average molecular weight is 178 g/mol. The third-order valence-corrected chi connectivity index (χ3v) is 2.00. The van der Waals surface area contributed by atoms with E-state index < -0.39 is 0 Å². The van der Waals surface area contributed by atoms with Crippen LogP contribution in [-0.4, -0.2) is 12.4 Å². The Labute approximate surface area is 76.0 Å². The maximum atomic E-state index is 11.6. The standard InChI is InChI=1S/C10H10O3/c1-7-4-6-13-10(7)9(11)8-3-2-5-12-8/h3-4,6H,2,5H2,1H3. The number of ketones is 1. The van der Waals surface area contributed by atoms with Crippen molar-refractivity contribution < 1.29 is 13.9 Å². The van der Waals surface area contributed by atoms with Crippen molar-refractivity contribution in [3.63, 3.8) is 0 Å². The van der Waals surface area contributed by atoms with Gasteiger partial charge in [-0.05, 0) is 24.6 Å². The van der Waals surface area contributed by atoms with E-state index in [0.717, 1.165) is 12.0 Å². The molecule has 3 nitrogen and oxygen atoms in total. The van der Waals surface area contributed by atoms with E-state index in [0.29, 0.717) is 18.1 Å². The number of ether oxygens (including phenoxy) is 1. The zero-order valence-corrected chi connectivity index (χ0v) is 7.37. The topological polar surface area (TPSA) is 39.4 Å². The molecule has 0 radical (unpaired) electrons. The van der Waals surface area contributed by atoms with Gasteiger partial charge in [0, 0.05) is 6.42 Å². The van der Waals surface area contributed by atoms with Gasteiger partial charge in [0.2, 0.25) is 0 Å². The Morgan fingerprint density at radius 1 is 1.54 bits per heavy atom. The minimum absolute atomic E-state index is 0.153. The Morgan fingerprint density at radius 2 is 2.38 bits per heavy atom. The van der Waals surface area contributed by atoms with E-state index in [9.17, 15) is 4.79 Å². The number of Topliss-reactive ketones (excluding diaryl/α,β-unsaturated/α-hetero) is 1. The molecule has 0 aromatic carbocycles. The van der Waals surface area contributed by atoms with Crippen molar-refractivity contribution >= 4 is 5.78 Å². The molecule has 1 aliphatic heterocycles. The molecular formula is C10H10O3. The monoisotopic (exact) mass is 178 g/mol. The zero-order chi connectivity index (χ0) is 9.26. The van der Waals surface area contributed by atoms with Crippen molar-refractivity contribution in [2.75, 3.05) is 6.61 Å². The van der Waals surface area contributed by atoms with Crippen molar-refractivity contribution in [1.82, 2.24) is 0 Å². The van der Waals surface area contributed by atoms with Crippen LogP contribution < -0.4 is 0 Å². The Balaban J connectivity index is 2.27. The van der Waals surface area contributed by atoms with Crippen LogP contribution in [0.25, 0.3) is 0 Å². The number of hydrogen-bond acceptors (Lipinski definition) is 3. The number of carbonyl (C=O) groups excluding carboxylic acids is 1. The first-order valence-electron chi connectivity index (χ1n) is 4.21. The smallest absolute Gasteiger partial charge is 0.262 e. The molecule has 0 N–H and O–H groups in total. The van der Waals surface area contributed by atoms with E-state index in [4.69, 9.17) is 9.15 Å². The third-order valence-electron chi connectivity index (χ3n) is 2.00. The lowest BCUT2D eigenvalue weighted by Crippen LogP contribution is -2.03. The van der Waals surface area contributed by atoms with Crippen molar-refractivity contribution in [2.24, 2.45) is 0 Å². The fourth-order valence-corrected chi connectivity index (χ4v) is 1.29. The van der Waals surface area contributed by atoms with Crippen LogP contribution in [-0.2, 0) is 4.74 Å². The van der Waals surface area contributed by atoms with Crippen LogP contribution in [0.5, 0.6) is 0 Å². The van der Waals surface area contributed by atoms with Crippen molar-refractivity contribution in [2.45, 2.75) is 13.3 Å². The van der Waals surface area contributed by atoms with Crippen LogP contribution in [0.3, 0.4) is 0 Å². The van der Waals surface area contributed by atoms with Crippen molar-refractivity contribution in [1.29, 1.82) is 0 Å². The van der Waals surface area contributed by atoms with Gasteiger partial charge in [-0.2, -0.15) is 0 Å². The highest BCUT2D eigenvalue weighted by atomic mass is 16.5. The molecule has 0 atom stereocenters. The van der Waals surface area contributed by atoms with Crippen LogP contribution >= 0.6 is 0 Å². The molecule has 0 saturated heterocycles. The SMILES string of the molecule is Cc1ccoc1C(=O)C1=CCCO1. The highest BCUT2D eigenvalue weighted by Gasteiger charge is 2.21. The Bertz CT molecular complexity index is 360. The molecule has 1 aliphatic rings. The van der Waals surface area contributed by atoms with E-state index in [-0.39, 0.29) is 5.78 Å². The largest absolute Gasteiger partial charge is 0.489 e. The molecule has 0 spiro atoms. The number of aryl methyl sites for hydroxylation is 1. The normalized spacial score (nSPS) is 15.3. The van der Waals surface area contributed by atoms with Gasteiger partial charge in [-0.3, -0.25) is 4.79 Å². The lowest BCUT2D eigenvalue weighted by atomic mass is 10.2. The molecule has 68 valence electrons. The molecule has 0 saturated carbocycles. The van der Waals surface area contributed by atoms with Gasteiger partial charge in [-0.1, -0.05) is 0 Å². The lowest BCUT2D eigenvalue weighted by molar-refractivity contribution is 0.0915. The summed E-state index contributed by atoms with van der Waals surface area (Å²) in [5.74, 6) is 0.645. The Morgan fingerprint density at radius 3 is 2.92 bits per heavy atom. The summed E-state index contributed by atoms with van der Waals surface area (Å²) in [6.45, 7) is 2.44. The fourth-order valence-electron chi connectivity index (χ4n) is 1.29. The Hall–Kier alpha value is -1.51. The first-order chi connectivity index (χ1) is 6.29. The second kappa shape index (κ2) is 3.09. The number of rotatable bonds is 2. The fraction of sp³-hybridized carbons (Fsp3) is 0.300. The van der Waals surface area contributed by atoms with Gasteiger partial charge in [0.15, 0.2) is 11.5 Å². The zero-order valence-electron chi connectivity index (χ0n) is 7.37. The summed E-state index contributed by atoms with van der Waals surface area (Å²) in [6.07, 6.45) is 4.11. The Kier molecular flexibility index (Phi) is 1.93. The third kappa shape index (κ3) is 1.37. The van der Waals surface area contributed by atoms with Crippen LogP contribution in [0.2, 0.25) is 0 Å². The maximum absolute atomic E-state index is 11.6. The molecule has 0 amide bonds. The molecule has 2 rings (SSSR count). The van der Waals surface area contributed by atoms with Crippen molar-refractivity contribution in [3.05, 3.63) is 35.5 Å². The van der Waals surface area contributed by atoms with E-state index >= 15 is 0 Å². The predicted octanol–water partition coefficient (Wildman–Crippen LogP) is 2.07. The maximum Gasteiger partial charge on any atom is 0.262 e. The molecule has 0 bridgehead atoms. The summed E-state index contributed by atoms with van der Waals surface area (Å²) in [7, 11) is 0. The second-order valence-electron chi connectivity index (χ2n) is 2.97. The highest BCUT2D eigenvalue weighted by Crippen LogP contribution is 2.18. The summed E-state index contributed by atoms with van der Waals surface area (Å²) in [5.41, 5.74) is 0.849. The van der Waals surface area contributed by atoms with Gasteiger partial charge in [-0.15, -0.1) is 0 Å². The van der Waals surface area contributed by atoms with E-state index in [2.05, 4.69) is 0 Å². The summed E-state index contributed by atoms with van der Waals surface area (Å²) >= 11 is 0. The highest BCUT2D eigenvalue weighted by molar-refractivity contribution is 6.06.